The van der Waals surface area contributed by atoms with E-state index in [-0.39, 0.29) is 16.9 Å². The summed E-state index contributed by atoms with van der Waals surface area (Å²) in [5.74, 6) is 0.199. The number of nitrogens with zero attached hydrogens (tertiary/aromatic N) is 2. The third kappa shape index (κ3) is 2.62. The molecule has 0 saturated carbocycles. The molecule has 6 heteroatoms. The normalized spacial score (nSPS) is 18.0. The van der Waals surface area contributed by atoms with Gasteiger partial charge in [0.25, 0.3) is 0 Å². The average Bonchev–Trinajstić information content (AvgIpc) is 3.08. The Morgan fingerprint density at radius 3 is 2.95 bits per heavy atom. The fourth-order valence-corrected chi connectivity index (χ4v) is 4.26. The zero-order valence-electron chi connectivity index (χ0n) is 11.0. The summed E-state index contributed by atoms with van der Waals surface area (Å²) in [7, 11) is 0. The lowest BCUT2D eigenvalue weighted by Gasteiger charge is -2.15. The molecule has 1 atom stereocenters. The monoisotopic (exact) mass is 316 g/mol. The number of phenolic OH excluding ortho intramolecular Hbond substituents is 1. The standard InChI is InChI=1S/C15H12N2O2S2/c16-9-10-6-8-20-15(10)17-7-5-13(14(17)19)21-12-4-2-1-3-11(12)18/h1-4,6,8,13,18H,5,7H2. The molecule has 1 amide bonds. The van der Waals surface area contributed by atoms with Crippen molar-refractivity contribution in [3.8, 4) is 11.8 Å². The van der Waals surface area contributed by atoms with E-state index in [0.717, 1.165) is 5.00 Å². The maximum absolute atomic E-state index is 12.5. The van der Waals surface area contributed by atoms with E-state index in [1.807, 2.05) is 17.5 Å². The first-order chi connectivity index (χ1) is 10.2. The molecule has 3 rings (SSSR count). The Hall–Kier alpha value is -1.97. The van der Waals surface area contributed by atoms with E-state index in [1.54, 1.807) is 23.1 Å². The summed E-state index contributed by atoms with van der Waals surface area (Å²) in [6.45, 7) is 0.610. The van der Waals surface area contributed by atoms with Gasteiger partial charge in [0.05, 0.1) is 10.8 Å². The van der Waals surface area contributed by atoms with Gasteiger partial charge >= 0.3 is 0 Å². The van der Waals surface area contributed by atoms with Crippen LogP contribution in [0.3, 0.4) is 0 Å². The third-order valence-electron chi connectivity index (χ3n) is 3.30. The Kier molecular flexibility index (Phi) is 3.86. The van der Waals surface area contributed by atoms with E-state index in [2.05, 4.69) is 6.07 Å². The predicted octanol–water partition coefficient (Wildman–Crippen LogP) is 3.22. The Bertz CT molecular complexity index is 720. The summed E-state index contributed by atoms with van der Waals surface area (Å²) in [4.78, 5) is 14.9. The summed E-state index contributed by atoms with van der Waals surface area (Å²) in [5.41, 5.74) is 0.543. The van der Waals surface area contributed by atoms with E-state index >= 15 is 0 Å². The molecule has 2 heterocycles. The third-order valence-corrected chi connectivity index (χ3v) is 5.56. The molecule has 1 aromatic heterocycles. The van der Waals surface area contributed by atoms with Crippen LogP contribution in [0.1, 0.15) is 12.0 Å². The number of thiophene rings is 1. The molecule has 0 bridgehead atoms. The summed E-state index contributed by atoms with van der Waals surface area (Å²) in [6, 6.07) is 10.9. The molecule has 0 aliphatic carbocycles. The molecule has 1 fully saturated rings. The van der Waals surface area contributed by atoms with Crippen molar-refractivity contribution in [1.29, 1.82) is 5.26 Å². The van der Waals surface area contributed by atoms with E-state index in [0.29, 0.717) is 23.4 Å². The van der Waals surface area contributed by atoms with Crippen molar-refractivity contribution >= 4 is 34.0 Å². The minimum absolute atomic E-state index is 0.00204. The second-order valence-corrected chi connectivity index (χ2v) is 6.74. The molecule has 0 spiro atoms. The van der Waals surface area contributed by atoms with Crippen molar-refractivity contribution in [3.63, 3.8) is 0 Å². The predicted molar refractivity (Wildman–Crippen MR) is 83.8 cm³/mol. The van der Waals surface area contributed by atoms with E-state index in [1.165, 1.54) is 23.1 Å². The van der Waals surface area contributed by atoms with Crippen molar-refractivity contribution in [2.45, 2.75) is 16.6 Å². The molecule has 2 aromatic rings. The number of rotatable bonds is 3. The van der Waals surface area contributed by atoms with Crippen molar-refractivity contribution in [1.82, 2.24) is 0 Å². The van der Waals surface area contributed by atoms with E-state index in [9.17, 15) is 9.90 Å². The second-order valence-electron chi connectivity index (χ2n) is 4.60. The van der Waals surface area contributed by atoms with Crippen LogP contribution >= 0.6 is 23.1 Å². The highest BCUT2D eigenvalue weighted by Crippen LogP contribution is 2.38. The van der Waals surface area contributed by atoms with Crippen LogP contribution < -0.4 is 4.90 Å². The largest absolute Gasteiger partial charge is 0.507 e. The molecule has 1 unspecified atom stereocenters. The number of nitriles is 1. The number of hydrogen-bond donors (Lipinski definition) is 1. The Balaban J connectivity index is 1.79. The van der Waals surface area contributed by atoms with Gasteiger partial charge in [0.1, 0.15) is 16.8 Å². The van der Waals surface area contributed by atoms with Gasteiger partial charge in [-0.25, -0.2) is 0 Å². The Morgan fingerprint density at radius 2 is 2.19 bits per heavy atom. The minimum atomic E-state index is -0.216. The highest BCUT2D eigenvalue weighted by Gasteiger charge is 2.35. The van der Waals surface area contributed by atoms with Crippen LogP contribution in [-0.4, -0.2) is 22.8 Å². The summed E-state index contributed by atoms with van der Waals surface area (Å²) >= 11 is 2.79. The van der Waals surface area contributed by atoms with Crippen LogP contribution in [0.5, 0.6) is 5.75 Å². The zero-order valence-corrected chi connectivity index (χ0v) is 12.7. The molecule has 106 valence electrons. The average molecular weight is 316 g/mol. The molecular weight excluding hydrogens is 304 g/mol. The number of carbonyl (C=O) groups excluding carboxylic acids is 1. The number of benzene rings is 1. The van der Waals surface area contributed by atoms with E-state index < -0.39 is 0 Å². The number of amides is 1. The van der Waals surface area contributed by atoms with Crippen LogP contribution in [0.2, 0.25) is 0 Å². The zero-order chi connectivity index (χ0) is 14.8. The molecule has 4 nitrogen and oxygen atoms in total. The Labute approximate surface area is 130 Å². The number of aromatic hydroxyl groups is 1. The lowest BCUT2D eigenvalue weighted by atomic mass is 10.3. The first kappa shape index (κ1) is 14.0. The highest BCUT2D eigenvalue weighted by atomic mass is 32.2. The van der Waals surface area contributed by atoms with Gasteiger partial charge in [0.15, 0.2) is 0 Å². The molecule has 1 saturated heterocycles. The summed E-state index contributed by atoms with van der Waals surface area (Å²) < 4.78 is 0. The highest BCUT2D eigenvalue weighted by molar-refractivity contribution is 8.00. The fourth-order valence-electron chi connectivity index (χ4n) is 2.27. The van der Waals surface area contributed by atoms with Crippen LogP contribution in [0.25, 0.3) is 0 Å². The van der Waals surface area contributed by atoms with Gasteiger partial charge < -0.3 is 10.0 Å². The summed E-state index contributed by atoms with van der Waals surface area (Å²) in [5, 5.41) is 21.2. The van der Waals surface area contributed by atoms with Gasteiger partial charge in [-0.1, -0.05) is 12.1 Å². The lowest BCUT2D eigenvalue weighted by Crippen LogP contribution is -2.27. The maximum atomic E-state index is 12.5. The van der Waals surface area contributed by atoms with Crippen LogP contribution in [0.4, 0.5) is 5.00 Å². The number of anilines is 1. The number of carbonyl (C=O) groups is 1. The quantitative estimate of drug-likeness (QED) is 0.944. The fraction of sp³-hybridized carbons (Fsp3) is 0.200. The topological polar surface area (TPSA) is 64.3 Å². The van der Waals surface area contributed by atoms with Crippen molar-refractivity contribution < 1.29 is 9.90 Å². The van der Waals surface area contributed by atoms with Crippen molar-refractivity contribution in [2.24, 2.45) is 0 Å². The number of phenols is 1. The SMILES string of the molecule is N#Cc1ccsc1N1CCC(Sc2ccccc2O)C1=O. The first-order valence-electron chi connectivity index (χ1n) is 6.44. The van der Waals surface area contributed by atoms with Gasteiger partial charge in [-0.15, -0.1) is 23.1 Å². The molecule has 0 radical (unpaired) electrons. The van der Waals surface area contributed by atoms with Crippen molar-refractivity contribution in [2.75, 3.05) is 11.4 Å². The van der Waals surface area contributed by atoms with Gasteiger partial charge in [-0.2, -0.15) is 5.26 Å². The van der Waals surface area contributed by atoms with Gasteiger partial charge in [-0.05, 0) is 30.0 Å². The van der Waals surface area contributed by atoms with Crippen molar-refractivity contribution in [3.05, 3.63) is 41.3 Å². The summed E-state index contributed by atoms with van der Waals surface area (Å²) in [6.07, 6.45) is 0.709. The first-order valence-corrected chi connectivity index (χ1v) is 8.20. The second kappa shape index (κ2) is 5.80. The molecule has 1 aromatic carbocycles. The van der Waals surface area contributed by atoms with Gasteiger partial charge in [-0.3, -0.25) is 4.79 Å². The lowest BCUT2D eigenvalue weighted by molar-refractivity contribution is -0.116. The number of hydrogen-bond acceptors (Lipinski definition) is 5. The molecule has 21 heavy (non-hydrogen) atoms. The molecule has 1 aliphatic heterocycles. The maximum Gasteiger partial charge on any atom is 0.241 e. The molecular formula is C15H12N2O2S2. The van der Waals surface area contributed by atoms with E-state index in [4.69, 9.17) is 5.26 Å². The van der Waals surface area contributed by atoms with Gasteiger partial charge in [0, 0.05) is 11.4 Å². The van der Waals surface area contributed by atoms with Crippen LogP contribution in [0.15, 0.2) is 40.6 Å². The molecule has 1 aliphatic rings. The number of para-hydroxylation sites is 1. The van der Waals surface area contributed by atoms with Crippen LogP contribution in [-0.2, 0) is 4.79 Å². The smallest absolute Gasteiger partial charge is 0.241 e. The molecule has 1 N–H and O–H groups in total. The van der Waals surface area contributed by atoms with Crippen LogP contribution in [0, 0.1) is 11.3 Å². The number of thioether (sulfide) groups is 1. The van der Waals surface area contributed by atoms with Gasteiger partial charge in [0.2, 0.25) is 5.91 Å². The Morgan fingerprint density at radius 1 is 1.38 bits per heavy atom. The minimum Gasteiger partial charge on any atom is -0.507 e.